The molecule has 6 aromatic rings. The van der Waals surface area contributed by atoms with Gasteiger partial charge in [-0.3, -0.25) is 19.7 Å². The standard InChI is InChI=1S/2C18H20ClN3O2S.C13H7ClN2O/c2*1-4-25(23,24)22-18(12(2)3)16-7-15(10-21-11-16)13-5-6-14(9-20)17(19)8-13;14-13-4-10(1-2-11(13)5-15)12-3-9(8-17)6-16-7-12/h2*5-8,10-12,18,22H,4H2,1-3H3;1-4,6-8H. The molecular formula is C49H47Cl3N8O5S2. The van der Waals surface area contributed by atoms with Crippen molar-refractivity contribution in [2.24, 2.45) is 11.8 Å². The Morgan fingerprint density at radius 1 is 0.522 bits per heavy atom. The van der Waals surface area contributed by atoms with Crippen LogP contribution in [0.3, 0.4) is 0 Å². The van der Waals surface area contributed by atoms with Crippen molar-refractivity contribution >= 4 is 61.1 Å². The van der Waals surface area contributed by atoms with Gasteiger partial charge in [0.25, 0.3) is 0 Å². The number of aldehydes is 1. The quantitative estimate of drug-likeness (QED) is 0.0978. The number of pyridine rings is 3. The zero-order valence-electron chi connectivity index (χ0n) is 37.4. The molecule has 2 atom stereocenters. The fourth-order valence-corrected chi connectivity index (χ4v) is 8.93. The van der Waals surface area contributed by atoms with Crippen LogP contribution in [0.15, 0.2) is 110 Å². The third-order valence-corrected chi connectivity index (χ3v) is 13.8. The van der Waals surface area contributed by atoms with Crippen molar-refractivity contribution in [2.75, 3.05) is 11.5 Å². The molecule has 0 aliphatic rings. The van der Waals surface area contributed by atoms with Crippen molar-refractivity contribution in [1.82, 2.24) is 24.4 Å². The topological polar surface area (TPSA) is 219 Å². The zero-order valence-corrected chi connectivity index (χ0v) is 41.3. The van der Waals surface area contributed by atoms with Crippen LogP contribution in [-0.2, 0) is 20.0 Å². The predicted octanol–water partition coefficient (Wildman–Crippen LogP) is 10.9. The first-order chi connectivity index (χ1) is 31.8. The second-order valence-electron chi connectivity index (χ2n) is 15.5. The minimum atomic E-state index is -3.34. The Labute approximate surface area is 407 Å². The minimum absolute atomic E-state index is 0.0224. The van der Waals surface area contributed by atoms with Crippen molar-refractivity contribution in [3.05, 3.63) is 158 Å². The number of aromatic nitrogens is 3. The largest absolute Gasteiger partial charge is 0.298 e. The first-order valence-corrected chi connectivity index (χ1v) is 25.1. The highest BCUT2D eigenvalue weighted by Crippen LogP contribution is 2.31. The Morgan fingerprint density at radius 3 is 1.13 bits per heavy atom. The molecule has 0 saturated carbocycles. The SMILES string of the molecule is CCS(=O)(=O)NC(c1cncc(-c2ccc(C#N)c(Cl)c2)c1)C(C)C.CCS(=O)(=O)NC(c1cncc(-c2ccc(C#N)c(Cl)c2)c1)C(C)C.N#Cc1ccc(-c2cncc(C=O)c2)cc1Cl. The van der Waals surface area contributed by atoms with Gasteiger partial charge in [-0.25, -0.2) is 26.3 Å². The van der Waals surface area contributed by atoms with Gasteiger partial charge < -0.3 is 0 Å². The smallest absolute Gasteiger partial charge is 0.211 e. The van der Waals surface area contributed by atoms with E-state index in [0.717, 1.165) is 50.8 Å². The molecule has 0 aliphatic carbocycles. The third kappa shape index (κ3) is 15.2. The maximum Gasteiger partial charge on any atom is 0.211 e. The first-order valence-electron chi connectivity index (χ1n) is 20.7. The van der Waals surface area contributed by atoms with E-state index in [-0.39, 0.29) is 35.4 Å². The van der Waals surface area contributed by atoms with Crippen molar-refractivity contribution in [2.45, 2.75) is 53.6 Å². The summed E-state index contributed by atoms with van der Waals surface area (Å²) in [6, 6.07) is 26.3. The number of nitrogens with zero attached hydrogens (tertiary/aromatic N) is 6. The lowest BCUT2D eigenvalue weighted by Gasteiger charge is -2.22. The number of carbonyl (C=O) groups excluding carboxylic acids is 1. The van der Waals surface area contributed by atoms with Crippen molar-refractivity contribution in [3.8, 4) is 51.6 Å². The molecule has 2 unspecified atom stereocenters. The van der Waals surface area contributed by atoms with Crippen LogP contribution in [0.2, 0.25) is 15.1 Å². The lowest BCUT2D eigenvalue weighted by atomic mass is 9.96. The van der Waals surface area contributed by atoms with Crippen molar-refractivity contribution in [3.63, 3.8) is 0 Å². The Morgan fingerprint density at radius 2 is 0.851 bits per heavy atom. The average molecular weight is 998 g/mol. The summed E-state index contributed by atoms with van der Waals surface area (Å²) in [5.74, 6) is 0.161. The number of benzene rings is 3. The van der Waals surface area contributed by atoms with Crippen molar-refractivity contribution in [1.29, 1.82) is 15.8 Å². The summed E-state index contributed by atoms with van der Waals surface area (Å²) >= 11 is 18.1. The second kappa shape index (κ2) is 24.6. The van der Waals surface area contributed by atoms with E-state index < -0.39 is 20.0 Å². The van der Waals surface area contributed by atoms with Gasteiger partial charge in [-0.2, -0.15) is 15.8 Å². The molecule has 0 fully saturated rings. The molecule has 0 spiro atoms. The van der Waals surface area contributed by atoms with Gasteiger partial charge in [-0.15, -0.1) is 0 Å². The Hall–Kier alpha value is -6.06. The fraction of sp³-hybridized carbons (Fsp3) is 0.245. The van der Waals surface area contributed by atoms with E-state index >= 15 is 0 Å². The minimum Gasteiger partial charge on any atom is -0.298 e. The van der Waals surface area contributed by atoms with Gasteiger partial charge in [-0.05, 0) is 108 Å². The van der Waals surface area contributed by atoms with E-state index in [1.807, 2.05) is 58.0 Å². The normalized spacial score (nSPS) is 12.0. The number of rotatable bonds is 14. The van der Waals surface area contributed by atoms with Gasteiger partial charge >= 0.3 is 0 Å². The van der Waals surface area contributed by atoms with Gasteiger partial charge in [-0.1, -0.05) is 80.7 Å². The van der Waals surface area contributed by atoms with Crippen LogP contribution < -0.4 is 9.44 Å². The van der Waals surface area contributed by atoms with Crippen LogP contribution in [0.1, 0.15) is 91.8 Å². The number of sulfonamides is 2. The number of hydrogen-bond acceptors (Lipinski definition) is 11. The van der Waals surface area contributed by atoms with Crippen molar-refractivity contribution < 1.29 is 21.6 Å². The molecule has 3 aromatic carbocycles. The summed E-state index contributed by atoms with van der Waals surface area (Å²) in [6.07, 6.45) is 10.6. The summed E-state index contributed by atoms with van der Waals surface area (Å²) in [6.45, 7) is 11.0. The van der Waals surface area contributed by atoms with Crippen LogP contribution in [0.5, 0.6) is 0 Å². The number of carbonyl (C=O) groups is 1. The highest BCUT2D eigenvalue weighted by Gasteiger charge is 2.24. The monoisotopic (exact) mass is 996 g/mol. The molecule has 0 bridgehead atoms. The van der Waals surface area contributed by atoms with Gasteiger partial charge in [0, 0.05) is 59.4 Å². The molecule has 0 aliphatic heterocycles. The van der Waals surface area contributed by atoms with Crippen LogP contribution in [0.4, 0.5) is 0 Å². The molecule has 0 saturated heterocycles. The third-order valence-electron chi connectivity index (χ3n) is 10.1. The Bertz CT molecular complexity index is 2930. The van der Waals surface area contributed by atoms with E-state index in [0.29, 0.717) is 37.3 Å². The molecule has 0 radical (unpaired) electrons. The molecule has 2 N–H and O–H groups in total. The molecular weight excluding hydrogens is 951 g/mol. The second-order valence-corrected chi connectivity index (χ2v) is 20.9. The fourth-order valence-electron chi connectivity index (χ4n) is 6.34. The lowest BCUT2D eigenvalue weighted by Crippen LogP contribution is -2.33. The van der Waals surface area contributed by atoms with E-state index in [2.05, 4.69) is 24.4 Å². The van der Waals surface area contributed by atoms with Crippen LogP contribution in [-0.4, -0.2) is 49.6 Å². The molecule has 6 rings (SSSR count). The molecule has 3 heterocycles. The predicted molar refractivity (Wildman–Crippen MR) is 264 cm³/mol. The molecule has 18 heteroatoms. The lowest BCUT2D eigenvalue weighted by molar-refractivity contribution is 0.112. The molecule has 346 valence electrons. The average Bonchev–Trinajstić information content (AvgIpc) is 3.32. The van der Waals surface area contributed by atoms with Crippen LogP contribution in [0, 0.1) is 45.8 Å². The number of halogens is 3. The number of hydrogen-bond donors (Lipinski definition) is 2. The van der Waals surface area contributed by atoms with Gasteiger partial charge in [0.1, 0.15) is 18.2 Å². The summed E-state index contributed by atoms with van der Waals surface area (Å²) in [4.78, 5) is 23.1. The number of nitriles is 3. The van der Waals surface area contributed by atoms with Gasteiger partial charge in [0.05, 0.1) is 55.3 Å². The maximum absolute atomic E-state index is 12.0. The molecule has 67 heavy (non-hydrogen) atoms. The van der Waals surface area contributed by atoms with Gasteiger partial charge in [0.15, 0.2) is 6.29 Å². The molecule has 3 aromatic heterocycles. The van der Waals surface area contributed by atoms with E-state index in [4.69, 9.17) is 50.6 Å². The summed E-state index contributed by atoms with van der Waals surface area (Å²) in [7, 11) is -6.68. The highest BCUT2D eigenvalue weighted by atomic mass is 35.5. The summed E-state index contributed by atoms with van der Waals surface area (Å²) in [5, 5.41) is 27.9. The summed E-state index contributed by atoms with van der Waals surface area (Å²) in [5.41, 5.74) is 8.18. The summed E-state index contributed by atoms with van der Waals surface area (Å²) < 4.78 is 53.4. The van der Waals surface area contributed by atoms with Crippen LogP contribution >= 0.6 is 34.8 Å². The first kappa shape index (κ1) is 53.6. The van der Waals surface area contributed by atoms with E-state index in [1.165, 1.54) is 6.20 Å². The zero-order chi connectivity index (χ0) is 49.5. The van der Waals surface area contributed by atoms with Gasteiger partial charge in [0.2, 0.25) is 20.0 Å². The Balaban J connectivity index is 0.000000224. The van der Waals surface area contributed by atoms with E-state index in [9.17, 15) is 21.6 Å². The van der Waals surface area contributed by atoms with E-state index in [1.54, 1.807) is 105 Å². The Kier molecular flexibility index (Phi) is 19.7. The molecule has 13 nitrogen and oxygen atoms in total. The maximum atomic E-state index is 12.0. The molecule has 0 amide bonds. The number of nitrogens with one attached hydrogen (secondary N) is 2. The van der Waals surface area contributed by atoms with Crippen LogP contribution in [0.25, 0.3) is 33.4 Å². The highest BCUT2D eigenvalue weighted by molar-refractivity contribution is 7.89.